The van der Waals surface area contributed by atoms with Gasteiger partial charge in [-0.2, -0.15) is 0 Å². The summed E-state index contributed by atoms with van der Waals surface area (Å²) in [5.74, 6) is 3.47. The fourth-order valence-corrected chi connectivity index (χ4v) is 3.65. The molecule has 3 aromatic rings. The highest BCUT2D eigenvalue weighted by Gasteiger charge is 2.11. The van der Waals surface area contributed by atoms with E-state index in [1.54, 1.807) is 7.05 Å². The number of benzene rings is 2. The molecule has 31 heavy (non-hydrogen) atoms. The van der Waals surface area contributed by atoms with Crippen molar-refractivity contribution >= 4 is 41.0 Å². The van der Waals surface area contributed by atoms with Gasteiger partial charge in [0.25, 0.3) is 0 Å². The molecule has 2 aromatic carbocycles. The predicted molar refractivity (Wildman–Crippen MR) is 135 cm³/mol. The molecule has 7 nitrogen and oxygen atoms in total. The van der Waals surface area contributed by atoms with E-state index in [1.165, 1.54) is 5.52 Å². The van der Waals surface area contributed by atoms with E-state index >= 15 is 0 Å². The third-order valence-electron chi connectivity index (χ3n) is 5.19. The Labute approximate surface area is 200 Å². The van der Waals surface area contributed by atoms with Gasteiger partial charge >= 0.3 is 0 Å². The summed E-state index contributed by atoms with van der Waals surface area (Å²) in [6.07, 6.45) is 1.89. The first-order valence-electron chi connectivity index (χ1n) is 10.5. The SMILES string of the molecule is CN=C(NCCCn1c(C)nc2ccccc21)NCc1ccc2c(c1)OCCCO2.I. The van der Waals surface area contributed by atoms with Crippen LogP contribution in [0.5, 0.6) is 11.5 Å². The van der Waals surface area contributed by atoms with Crippen molar-refractivity contribution in [2.45, 2.75) is 32.9 Å². The fourth-order valence-electron chi connectivity index (χ4n) is 3.65. The number of hydrogen-bond acceptors (Lipinski definition) is 4. The molecule has 0 radical (unpaired) electrons. The Bertz CT molecular complexity index is 1030. The Kier molecular flexibility index (Phi) is 8.39. The number of nitrogens with one attached hydrogen (secondary N) is 2. The van der Waals surface area contributed by atoms with E-state index in [9.17, 15) is 0 Å². The molecule has 2 N–H and O–H groups in total. The molecule has 0 amide bonds. The number of fused-ring (bicyclic) bond motifs is 2. The molecule has 0 aliphatic carbocycles. The number of para-hydroxylation sites is 2. The van der Waals surface area contributed by atoms with E-state index in [1.807, 2.05) is 18.2 Å². The first kappa shape index (κ1) is 23.2. The van der Waals surface area contributed by atoms with Crippen molar-refractivity contribution in [1.29, 1.82) is 0 Å². The highest BCUT2D eigenvalue weighted by Crippen LogP contribution is 2.30. The number of aryl methyl sites for hydroxylation is 2. The van der Waals surface area contributed by atoms with Crippen LogP contribution in [0.15, 0.2) is 47.5 Å². The number of aliphatic imine (C=N–C) groups is 1. The molecule has 1 aliphatic rings. The molecule has 166 valence electrons. The van der Waals surface area contributed by atoms with Gasteiger partial charge in [-0.3, -0.25) is 4.99 Å². The summed E-state index contributed by atoms with van der Waals surface area (Å²) in [6, 6.07) is 14.3. The number of halogens is 1. The Hall–Kier alpha value is -2.49. The molecule has 0 saturated heterocycles. The molecule has 0 fully saturated rings. The molecule has 1 aromatic heterocycles. The zero-order valence-corrected chi connectivity index (χ0v) is 20.4. The van der Waals surface area contributed by atoms with E-state index in [0.29, 0.717) is 19.8 Å². The summed E-state index contributed by atoms with van der Waals surface area (Å²) in [4.78, 5) is 8.96. The Morgan fingerprint density at radius 2 is 1.90 bits per heavy atom. The van der Waals surface area contributed by atoms with Gasteiger partial charge in [-0.15, -0.1) is 24.0 Å². The number of nitrogens with zero attached hydrogens (tertiary/aromatic N) is 3. The highest BCUT2D eigenvalue weighted by molar-refractivity contribution is 14.0. The molecule has 0 spiro atoms. The van der Waals surface area contributed by atoms with Crippen LogP contribution in [0.2, 0.25) is 0 Å². The van der Waals surface area contributed by atoms with Gasteiger partial charge in [0.1, 0.15) is 5.82 Å². The second-order valence-corrected chi connectivity index (χ2v) is 7.34. The van der Waals surface area contributed by atoms with Crippen molar-refractivity contribution < 1.29 is 9.47 Å². The molecule has 0 atom stereocenters. The third-order valence-corrected chi connectivity index (χ3v) is 5.19. The fraction of sp³-hybridized carbons (Fsp3) is 0.391. The van der Waals surface area contributed by atoms with Crippen LogP contribution >= 0.6 is 24.0 Å². The van der Waals surface area contributed by atoms with Gasteiger partial charge in [0.2, 0.25) is 0 Å². The zero-order valence-electron chi connectivity index (χ0n) is 18.1. The van der Waals surface area contributed by atoms with Gasteiger partial charge in [0, 0.05) is 33.1 Å². The largest absolute Gasteiger partial charge is 0.490 e. The van der Waals surface area contributed by atoms with E-state index < -0.39 is 0 Å². The van der Waals surface area contributed by atoms with Crippen LogP contribution < -0.4 is 20.1 Å². The van der Waals surface area contributed by atoms with Crippen LogP contribution in [0, 0.1) is 6.92 Å². The Morgan fingerprint density at radius 3 is 2.74 bits per heavy atom. The van der Waals surface area contributed by atoms with Gasteiger partial charge in [-0.25, -0.2) is 4.98 Å². The average molecular weight is 535 g/mol. The van der Waals surface area contributed by atoms with Crippen molar-refractivity contribution in [1.82, 2.24) is 20.2 Å². The normalized spacial score (nSPS) is 13.4. The molecule has 0 saturated carbocycles. The average Bonchev–Trinajstić information content (AvgIpc) is 2.92. The minimum absolute atomic E-state index is 0. The first-order chi connectivity index (χ1) is 14.7. The lowest BCUT2D eigenvalue weighted by atomic mass is 10.2. The summed E-state index contributed by atoms with van der Waals surface area (Å²) >= 11 is 0. The van der Waals surface area contributed by atoms with Crippen molar-refractivity contribution in [2.24, 2.45) is 4.99 Å². The van der Waals surface area contributed by atoms with Gasteiger partial charge in [-0.1, -0.05) is 18.2 Å². The maximum Gasteiger partial charge on any atom is 0.191 e. The number of guanidine groups is 1. The summed E-state index contributed by atoms with van der Waals surface area (Å²) in [6.45, 7) is 5.87. The van der Waals surface area contributed by atoms with Crippen LogP contribution in [0.25, 0.3) is 11.0 Å². The topological polar surface area (TPSA) is 72.7 Å². The number of aromatic nitrogens is 2. The second-order valence-electron chi connectivity index (χ2n) is 7.34. The lowest BCUT2D eigenvalue weighted by molar-refractivity contribution is 0.297. The van der Waals surface area contributed by atoms with Crippen molar-refractivity contribution in [3.63, 3.8) is 0 Å². The predicted octanol–water partition coefficient (Wildman–Crippen LogP) is 3.88. The van der Waals surface area contributed by atoms with Crippen molar-refractivity contribution in [2.75, 3.05) is 26.8 Å². The van der Waals surface area contributed by atoms with Crippen LogP contribution in [0.4, 0.5) is 0 Å². The van der Waals surface area contributed by atoms with E-state index in [0.717, 1.165) is 60.3 Å². The number of hydrogen-bond donors (Lipinski definition) is 2. The second kappa shape index (κ2) is 11.2. The lowest BCUT2D eigenvalue weighted by Gasteiger charge is -2.14. The third kappa shape index (κ3) is 5.81. The lowest BCUT2D eigenvalue weighted by Crippen LogP contribution is -2.37. The number of imidazole rings is 1. The summed E-state index contributed by atoms with van der Waals surface area (Å²) in [7, 11) is 1.79. The van der Waals surface area contributed by atoms with Gasteiger partial charge in [-0.05, 0) is 43.2 Å². The molecular weight excluding hydrogens is 505 g/mol. The molecule has 2 heterocycles. The van der Waals surface area contributed by atoms with Gasteiger partial charge in [0.05, 0.1) is 24.2 Å². The van der Waals surface area contributed by atoms with Crippen LogP contribution in [0.3, 0.4) is 0 Å². The molecule has 4 rings (SSSR count). The zero-order chi connectivity index (χ0) is 20.8. The Balaban J connectivity index is 0.00000272. The van der Waals surface area contributed by atoms with Crippen LogP contribution in [-0.4, -0.2) is 42.3 Å². The molecule has 8 heteroatoms. The molecule has 1 aliphatic heterocycles. The summed E-state index contributed by atoms with van der Waals surface area (Å²) in [5, 5.41) is 6.76. The number of rotatable bonds is 6. The molecular formula is C23H30IN5O2. The monoisotopic (exact) mass is 535 g/mol. The minimum Gasteiger partial charge on any atom is -0.490 e. The smallest absolute Gasteiger partial charge is 0.191 e. The molecule has 0 bridgehead atoms. The van der Waals surface area contributed by atoms with Crippen LogP contribution in [-0.2, 0) is 13.1 Å². The quantitative estimate of drug-likeness (QED) is 0.217. The van der Waals surface area contributed by atoms with Gasteiger partial charge < -0.3 is 24.7 Å². The van der Waals surface area contributed by atoms with E-state index in [2.05, 4.69) is 56.4 Å². The van der Waals surface area contributed by atoms with Gasteiger partial charge in [0.15, 0.2) is 17.5 Å². The van der Waals surface area contributed by atoms with Crippen molar-refractivity contribution in [3.8, 4) is 11.5 Å². The van der Waals surface area contributed by atoms with Crippen molar-refractivity contribution in [3.05, 3.63) is 53.9 Å². The molecule has 0 unspecified atom stereocenters. The highest BCUT2D eigenvalue weighted by atomic mass is 127. The minimum atomic E-state index is 0. The van der Waals surface area contributed by atoms with E-state index in [-0.39, 0.29) is 24.0 Å². The van der Waals surface area contributed by atoms with Crippen LogP contribution in [0.1, 0.15) is 24.2 Å². The standard InChI is InChI=1S/C23H29N5O2.HI/c1-17-27-19-7-3-4-8-20(19)28(17)12-5-11-25-23(24-2)26-16-18-9-10-21-22(15-18)30-14-6-13-29-21;/h3-4,7-10,15H,5-6,11-14,16H2,1-2H3,(H2,24,25,26);1H. The van der Waals surface area contributed by atoms with E-state index in [4.69, 9.17) is 9.47 Å². The first-order valence-corrected chi connectivity index (χ1v) is 10.5. The Morgan fingerprint density at radius 1 is 1.10 bits per heavy atom. The maximum absolute atomic E-state index is 5.77. The maximum atomic E-state index is 5.77. The summed E-state index contributed by atoms with van der Waals surface area (Å²) < 4.78 is 13.7. The summed E-state index contributed by atoms with van der Waals surface area (Å²) in [5.41, 5.74) is 3.37. The number of ether oxygens (including phenoxy) is 2.